The Morgan fingerprint density at radius 3 is 0.545 bits per heavy atom. The molecule has 0 unspecified atom stereocenters. The third-order valence-corrected chi connectivity index (χ3v) is 24.8. The quantitative estimate of drug-likeness (QED) is 0.0150. The van der Waals surface area contributed by atoms with Crippen LogP contribution in [0.2, 0.25) is 0 Å². The minimum absolute atomic E-state index is 0. The van der Waals surface area contributed by atoms with Gasteiger partial charge in [-0.05, 0) is 153 Å². The summed E-state index contributed by atoms with van der Waals surface area (Å²) in [7, 11) is -10.0. The van der Waals surface area contributed by atoms with E-state index in [0.29, 0.717) is 25.7 Å². The Hall–Kier alpha value is -3.64. The monoisotopic (exact) mass is 1760 g/mol. The molecule has 0 aromatic heterocycles. The second-order valence-electron chi connectivity index (χ2n) is 34.2. The van der Waals surface area contributed by atoms with Gasteiger partial charge in [-0.2, -0.15) is 0 Å². The van der Waals surface area contributed by atoms with Crippen LogP contribution in [0.15, 0.2) is 94.8 Å². The second-order valence-corrected chi connectivity index (χ2v) is 36.9. The largest absolute Gasteiger partial charge is 2.00 e. The van der Waals surface area contributed by atoms with E-state index in [1.807, 2.05) is 0 Å². The first-order chi connectivity index (χ1) is 58.6. The number of benzene rings is 2. The topological polar surface area (TPSA) is 220 Å². The Balaban J connectivity index is 0.00000236. The van der Waals surface area contributed by atoms with Gasteiger partial charge in [-0.3, -0.25) is 0 Å². The van der Waals surface area contributed by atoms with Crippen LogP contribution in [0, 0.1) is 0 Å². The molecular weight excluding hydrogens is 1580 g/mol. The molecule has 17 heteroatoms. The molecule has 2 rings (SSSR count). The Labute approximate surface area is 773 Å². The standard InChI is InChI=1S/2C52H90O7S.Ca/c2*1-3-5-7-9-11-13-15-17-19-21-23-25-27-29-31-33-35-37-39-41-46-58-51(53)48-44-43-45-49(60(55,56)57)50(48)52(54)59-47-42-40-38-36-34-32-30-28-26-24-22-20-18-16-14-12-10-8-6-4-2;/h2*13-16,43-45H,3-12,17-42,46-47H2,1-2H3,(H,55,56,57);/q;;+2/p-2/b2*15-13+,16-14+;. The van der Waals surface area contributed by atoms with Gasteiger partial charge in [-0.15, -0.1) is 0 Å². The maximum Gasteiger partial charge on any atom is 2.00 e. The molecule has 0 aliphatic carbocycles. The molecule has 2 aromatic carbocycles. The van der Waals surface area contributed by atoms with Crippen molar-refractivity contribution >= 4 is 81.9 Å². The van der Waals surface area contributed by atoms with Gasteiger partial charge in [0.1, 0.15) is 20.2 Å². The molecule has 0 aliphatic heterocycles. The van der Waals surface area contributed by atoms with Crippen molar-refractivity contribution < 1.29 is 64.1 Å². The van der Waals surface area contributed by atoms with Gasteiger partial charge in [0.05, 0.1) is 58.5 Å². The molecular formula is C104H178CaO14S2. The molecule has 0 amide bonds. The molecule has 0 radical (unpaired) electrons. The number of rotatable bonds is 86. The van der Waals surface area contributed by atoms with Gasteiger partial charge in [0.15, 0.2) is 0 Å². The molecule has 14 nitrogen and oxygen atoms in total. The van der Waals surface area contributed by atoms with E-state index in [0.717, 1.165) is 89.2 Å². The predicted molar refractivity (Wildman–Crippen MR) is 507 cm³/mol. The van der Waals surface area contributed by atoms with Crippen molar-refractivity contribution in [1.29, 1.82) is 0 Å². The average Bonchev–Trinajstić information content (AvgIpc) is 0.796. The van der Waals surface area contributed by atoms with Gasteiger partial charge in [0.2, 0.25) is 0 Å². The second kappa shape index (κ2) is 88.4. The molecule has 0 N–H and O–H groups in total. The van der Waals surface area contributed by atoms with Gasteiger partial charge in [-0.25, -0.2) is 36.0 Å². The van der Waals surface area contributed by atoms with Crippen LogP contribution in [0.5, 0.6) is 0 Å². The minimum Gasteiger partial charge on any atom is -0.744 e. The van der Waals surface area contributed by atoms with Gasteiger partial charge in [-0.1, -0.05) is 422 Å². The summed E-state index contributed by atoms with van der Waals surface area (Å²) in [6, 6.07) is 7.29. The van der Waals surface area contributed by atoms with Crippen molar-refractivity contribution in [3.8, 4) is 0 Å². The van der Waals surface area contributed by atoms with Crippen LogP contribution in [0.1, 0.15) is 531 Å². The summed E-state index contributed by atoms with van der Waals surface area (Å²) in [6.07, 6.45) is 106. The Morgan fingerprint density at radius 2 is 0.380 bits per heavy atom. The van der Waals surface area contributed by atoms with Gasteiger partial charge < -0.3 is 28.1 Å². The van der Waals surface area contributed by atoms with Crippen LogP contribution >= 0.6 is 0 Å². The van der Waals surface area contributed by atoms with Crippen molar-refractivity contribution in [3.63, 3.8) is 0 Å². The molecule has 2 aromatic rings. The number of ether oxygens (including phenoxy) is 4. The molecule has 0 fully saturated rings. The predicted octanol–water partition coefficient (Wildman–Crippen LogP) is 31.8. The van der Waals surface area contributed by atoms with E-state index in [1.165, 1.54) is 384 Å². The van der Waals surface area contributed by atoms with Crippen molar-refractivity contribution in [2.24, 2.45) is 0 Å². The molecule has 0 saturated carbocycles. The molecule has 0 heterocycles. The molecule has 0 saturated heterocycles. The fourth-order valence-corrected chi connectivity index (χ4v) is 16.8. The number of allylic oxidation sites excluding steroid dienone is 8. The van der Waals surface area contributed by atoms with Crippen LogP contribution in [0.25, 0.3) is 0 Å². The first kappa shape index (κ1) is 117. The van der Waals surface area contributed by atoms with E-state index in [1.54, 1.807) is 0 Å². The van der Waals surface area contributed by atoms with E-state index in [4.69, 9.17) is 18.9 Å². The number of esters is 4. The van der Waals surface area contributed by atoms with E-state index in [-0.39, 0.29) is 75.3 Å². The van der Waals surface area contributed by atoms with Crippen molar-refractivity contribution in [1.82, 2.24) is 0 Å². The zero-order chi connectivity index (χ0) is 87.2. The number of carbonyl (C=O) groups excluding carboxylic acids is 4. The summed E-state index contributed by atoms with van der Waals surface area (Å²) in [6.45, 7) is 9.52. The van der Waals surface area contributed by atoms with Gasteiger partial charge >= 0.3 is 61.6 Å². The van der Waals surface area contributed by atoms with E-state index < -0.39 is 65.0 Å². The zero-order valence-corrected chi connectivity index (χ0v) is 81.9. The van der Waals surface area contributed by atoms with Crippen LogP contribution in [-0.4, -0.2) is 114 Å². The number of unbranched alkanes of at least 4 members (excludes halogenated alkanes) is 64. The van der Waals surface area contributed by atoms with Crippen LogP contribution in [-0.2, 0) is 39.2 Å². The smallest absolute Gasteiger partial charge is 0.744 e. The summed E-state index contributed by atoms with van der Waals surface area (Å²) in [5.41, 5.74) is -1.54. The van der Waals surface area contributed by atoms with E-state index >= 15 is 0 Å². The number of carbonyl (C=O) groups is 4. The molecule has 692 valence electrons. The van der Waals surface area contributed by atoms with Crippen molar-refractivity contribution in [3.05, 3.63) is 107 Å². The fraction of sp³-hybridized carbons (Fsp3) is 0.769. The number of hydrogen-bond acceptors (Lipinski definition) is 14. The van der Waals surface area contributed by atoms with Crippen molar-refractivity contribution in [2.75, 3.05) is 26.4 Å². The summed E-state index contributed by atoms with van der Waals surface area (Å²) >= 11 is 0. The summed E-state index contributed by atoms with van der Waals surface area (Å²) in [4.78, 5) is 50.6. The van der Waals surface area contributed by atoms with Crippen LogP contribution < -0.4 is 0 Å². The first-order valence-electron chi connectivity index (χ1n) is 50.1. The van der Waals surface area contributed by atoms with Crippen LogP contribution in [0.3, 0.4) is 0 Å². The fourth-order valence-electron chi connectivity index (χ4n) is 15.4. The third-order valence-electron chi connectivity index (χ3n) is 23.0. The molecule has 121 heavy (non-hydrogen) atoms. The maximum absolute atomic E-state index is 13.1. The normalized spacial score (nSPS) is 11.8. The minimum atomic E-state index is -5.02. The Morgan fingerprint density at radius 1 is 0.231 bits per heavy atom. The van der Waals surface area contributed by atoms with Gasteiger partial charge in [0, 0.05) is 0 Å². The third kappa shape index (κ3) is 73.0. The van der Waals surface area contributed by atoms with Gasteiger partial charge in [0.25, 0.3) is 0 Å². The molecule has 0 atom stereocenters. The Bertz CT molecular complexity index is 2880. The van der Waals surface area contributed by atoms with Crippen LogP contribution in [0.4, 0.5) is 0 Å². The van der Waals surface area contributed by atoms with E-state index in [2.05, 4.69) is 76.3 Å². The maximum atomic E-state index is 13.1. The molecule has 0 bridgehead atoms. The molecule has 0 spiro atoms. The summed E-state index contributed by atoms with van der Waals surface area (Å²) in [5.74, 6) is -3.61. The SMILES string of the molecule is CCCCCC/C=C/CCCCCCCCCCCCCCOC(=O)c1cccc(S(=O)(=O)[O-])c1C(=O)OCCCCCCCCCCCCCC/C=C/CCCCCC.CCCCCC/C=C/CCCCCCCCCCCCCCOC(=O)c1cccc(S(=O)(=O)[O-])c1C(=O)OCCCCCCCCCCCCCC/C=C/CCCCCC.[Ca+2]. The van der Waals surface area contributed by atoms with E-state index in [9.17, 15) is 45.1 Å². The zero-order valence-electron chi connectivity index (χ0n) is 78.1. The molecule has 0 aliphatic rings. The summed E-state index contributed by atoms with van der Waals surface area (Å²) < 4.78 is 93.8. The van der Waals surface area contributed by atoms with Crippen molar-refractivity contribution in [2.45, 2.75) is 500 Å². The Kier molecular flexibility index (Phi) is 85.7. The first-order valence-corrected chi connectivity index (χ1v) is 52.9. The number of hydrogen-bond donors (Lipinski definition) is 0. The average molecular weight is 1760 g/mol. The summed E-state index contributed by atoms with van der Waals surface area (Å²) in [5, 5.41) is 0.